The molecule has 0 atom stereocenters. The van der Waals surface area contributed by atoms with Gasteiger partial charge in [0.05, 0.1) is 12.9 Å². The van der Waals surface area contributed by atoms with Gasteiger partial charge in [0.1, 0.15) is 16.5 Å². The van der Waals surface area contributed by atoms with E-state index in [0.717, 1.165) is 0 Å². The van der Waals surface area contributed by atoms with Crippen LogP contribution in [0.25, 0.3) is 0 Å². The number of nitrogens with two attached hydrogens (primary N) is 1. The molecule has 2 aromatic rings. The maximum absolute atomic E-state index is 13.1. The molecule has 0 amide bonds. The molecule has 112 valence electrons. The number of benzene rings is 2. The average Bonchev–Trinajstić information content (AvgIpc) is 2.41. The molecular weight excluding hydrogens is 293 g/mol. The Morgan fingerprint density at radius 1 is 1.19 bits per heavy atom. The molecule has 2 aromatic carbocycles. The summed E-state index contributed by atoms with van der Waals surface area (Å²) in [6.45, 7) is 1.67. The number of halogens is 1. The largest absolute Gasteiger partial charge is 0.495 e. The number of hydrogen-bond donors (Lipinski definition) is 1. The number of hydrogen-bond acceptors (Lipinski definition) is 4. The Bertz CT molecular complexity index is 772. The number of aryl methyl sites for hydroxylation is 1. The number of rotatable bonds is 4. The summed E-state index contributed by atoms with van der Waals surface area (Å²) in [5.74, 6) is -0.409. The molecule has 0 bridgehead atoms. The molecule has 0 aliphatic carbocycles. The van der Waals surface area contributed by atoms with Crippen molar-refractivity contribution < 1.29 is 17.5 Å². The van der Waals surface area contributed by atoms with Gasteiger partial charge in [0.15, 0.2) is 9.84 Å². The maximum atomic E-state index is 13.1. The summed E-state index contributed by atoms with van der Waals surface area (Å²) in [5.41, 5.74) is 7.19. The Hall–Kier alpha value is -2.08. The second-order valence-corrected chi connectivity index (χ2v) is 6.70. The van der Waals surface area contributed by atoms with Crippen LogP contribution in [0.15, 0.2) is 41.3 Å². The minimum absolute atomic E-state index is 0.0722. The molecule has 0 spiro atoms. The number of anilines is 1. The van der Waals surface area contributed by atoms with Crippen LogP contribution in [0.2, 0.25) is 0 Å². The van der Waals surface area contributed by atoms with E-state index in [4.69, 9.17) is 10.5 Å². The van der Waals surface area contributed by atoms with Gasteiger partial charge in [-0.3, -0.25) is 0 Å². The van der Waals surface area contributed by atoms with Crippen molar-refractivity contribution in [3.05, 3.63) is 53.3 Å². The molecule has 6 heteroatoms. The molecule has 21 heavy (non-hydrogen) atoms. The van der Waals surface area contributed by atoms with Gasteiger partial charge in [-0.05, 0) is 42.3 Å². The molecule has 0 heterocycles. The predicted octanol–water partition coefficient (Wildman–Crippen LogP) is 2.70. The zero-order valence-corrected chi connectivity index (χ0v) is 12.6. The van der Waals surface area contributed by atoms with E-state index in [1.54, 1.807) is 6.92 Å². The summed E-state index contributed by atoms with van der Waals surface area (Å²) in [6, 6.07) is 8.43. The zero-order valence-electron chi connectivity index (χ0n) is 11.8. The number of ether oxygens (including phenoxy) is 1. The fourth-order valence-corrected chi connectivity index (χ4v) is 3.66. The molecule has 0 aliphatic heterocycles. The third-order valence-electron chi connectivity index (χ3n) is 3.17. The molecule has 2 rings (SSSR count). The Balaban J connectivity index is 2.43. The SMILES string of the molecule is COc1cc(N)ccc1S(=O)(=O)Cc1ccc(F)cc1C. The zero-order chi connectivity index (χ0) is 15.6. The van der Waals surface area contributed by atoms with Crippen molar-refractivity contribution in [3.8, 4) is 5.75 Å². The fourth-order valence-electron chi connectivity index (χ4n) is 2.04. The van der Waals surface area contributed by atoms with Gasteiger partial charge >= 0.3 is 0 Å². The lowest BCUT2D eigenvalue weighted by Crippen LogP contribution is -2.08. The predicted molar refractivity (Wildman–Crippen MR) is 79.4 cm³/mol. The Morgan fingerprint density at radius 3 is 2.52 bits per heavy atom. The van der Waals surface area contributed by atoms with Crippen molar-refractivity contribution >= 4 is 15.5 Å². The number of nitrogen functional groups attached to an aromatic ring is 1. The first-order valence-electron chi connectivity index (χ1n) is 6.25. The highest BCUT2D eigenvalue weighted by atomic mass is 32.2. The highest BCUT2D eigenvalue weighted by Crippen LogP contribution is 2.29. The summed E-state index contributed by atoms with van der Waals surface area (Å²) in [5, 5.41) is 0. The lowest BCUT2D eigenvalue weighted by Gasteiger charge is -2.11. The van der Waals surface area contributed by atoms with Crippen molar-refractivity contribution in [1.82, 2.24) is 0 Å². The van der Waals surface area contributed by atoms with Crippen LogP contribution in [0.5, 0.6) is 5.75 Å². The van der Waals surface area contributed by atoms with E-state index in [2.05, 4.69) is 0 Å². The highest BCUT2D eigenvalue weighted by Gasteiger charge is 2.21. The Labute approximate surface area is 123 Å². The fraction of sp³-hybridized carbons (Fsp3) is 0.200. The van der Waals surface area contributed by atoms with Crippen molar-refractivity contribution in [2.75, 3.05) is 12.8 Å². The summed E-state index contributed by atoms with van der Waals surface area (Å²) in [7, 11) is -2.23. The van der Waals surface area contributed by atoms with E-state index in [1.807, 2.05) is 0 Å². The topological polar surface area (TPSA) is 69.4 Å². The van der Waals surface area contributed by atoms with E-state index < -0.39 is 15.7 Å². The van der Waals surface area contributed by atoms with Gasteiger partial charge in [0.2, 0.25) is 0 Å². The molecule has 0 unspecified atom stereocenters. The molecular formula is C15H16FNO3S. The van der Waals surface area contributed by atoms with E-state index in [9.17, 15) is 12.8 Å². The van der Waals surface area contributed by atoms with Crippen LogP contribution in [0.4, 0.5) is 10.1 Å². The molecule has 0 aromatic heterocycles. The molecule has 0 aliphatic rings. The summed E-state index contributed by atoms with van der Waals surface area (Å²) >= 11 is 0. The minimum atomic E-state index is -3.61. The normalized spacial score (nSPS) is 11.4. The van der Waals surface area contributed by atoms with E-state index in [1.165, 1.54) is 43.5 Å². The van der Waals surface area contributed by atoms with Gasteiger partial charge < -0.3 is 10.5 Å². The standard InChI is InChI=1S/C15H16FNO3S/c1-10-7-12(16)4-3-11(10)9-21(18,19)15-6-5-13(17)8-14(15)20-2/h3-8H,9,17H2,1-2H3. The van der Waals surface area contributed by atoms with Crippen LogP contribution in [-0.4, -0.2) is 15.5 Å². The average molecular weight is 309 g/mol. The first-order valence-corrected chi connectivity index (χ1v) is 7.90. The Morgan fingerprint density at radius 2 is 1.90 bits per heavy atom. The maximum Gasteiger partial charge on any atom is 0.186 e. The summed E-state index contributed by atoms with van der Waals surface area (Å²) in [6.07, 6.45) is 0. The van der Waals surface area contributed by atoms with Crippen LogP contribution < -0.4 is 10.5 Å². The van der Waals surface area contributed by atoms with Crippen LogP contribution in [0.3, 0.4) is 0 Å². The van der Waals surface area contributed by atoms with Crippen molar-refractivity contribution in [2.45, 2.75) is 17.6 Å². The molecule has 0 fully saturated rings. The Kier molecular flexibility index (Phi) is 4.18. The van der Waals surface area contributed by atoms with Gasteiger partial charge in [0, 0.05) is 11.8 Å². The minimum Gasteiger partial charge on any atom is -0.495 e. The van der Waals surface area contributed by atoms with E-state index in [-0.39, 0.29) is 16.4 Å². The number of sulfone groups is 1. The van der Waals surface area contributed by atoms with Crippen molar-refractivity contribution in [1.29, 1.82) is 0 Å². The second-order valence-electron chi connectivity index (χ2n) is 4.74. The van der Waals surface area contributed by atoms with Crippen LogP contribution in [0.1, 0.15) is 11.1 Å². The second kappa shape index (κ2) is 5.73. The quantitative estimate of drug-likeness (QED) is 0.882. The van der Waals surface area contributed by atoms with Gasteiger partial charge in [0.25, 0.3) is 0 Å². The van der Waals surface area contributed by atoms with Gasteiger partial charge in [-0.1, -0.05) is 6.07 Å². The first-order chi connectivity index (χ1) is 9.83. The van der Waals surface area contributed by atoms with Crippen molar-refractivity contribution in [2.24, 2.45) is 0 Å². The number of methoxy groups -OCH3 is 1. The van der Waals surface area contributed by atoms with Crippen LogP contribution in [0, 0.1) is 12.7 Å². The summed E-state index contributed by atoms with van der Waals surface area (Å²) < 4.78 is 43.2. The molecule has 0 saturated heterocycles. The lowest BCUT2D eigenvalue weighted by atomic mass is 10.1. The van der Waals surface area contributed by atoms with Crippen LogP contribution in [-0.2, 0) is 15.6 Å². The smallest absolute Gasteiger partial charge is 0.186 e. The molecule has 0 radical (unpaired) electrons. The highest BCUT2D eigenvalue weighted by molar-refractivity contribution is 7.90. The van der Waals surface area contributed by atoms with Crippen LogP contribution >= 0.6 is 0 Å². The third-order valence-corrected chi connectivity index (χ3v) is 4.87. The molecule has 4 nitrogen and oxygen atoms in total. The summed E-state index contributed by atoms with van der Waals surface area (Å²) in [4.78, 5) is 0.0722. The molecule has 0 saturated carbocycles. The van der Waals surface area contributed by atoms with E-state index in [0.29, 0.717) is 16.8 Å². The third kappa shape index (κ3) is 3.33. The molecule has 2 N–H and O–H groups in total. The van der Waals surface area contributed by atoms with Gasteiger partial charge in [-0.2, -0.15) is 0 Å². The lowest BCUT2D eigenvalue weighted by molar-refractivity contribution is 0.403. The van der Waals surface area contributed by atoms with Gasteiger partial charge in [-0.15, -0.1) is 0 Å². The van der Waals surface area contributed by atoms with Gasteiger partial charge in [-0.25, -0.2) is 12.8 Å². The van der Waals surface area contributed by atoms with Crippen molar-refractivity contribution in [3.63, 3.8) is 0 Å². The van der Waals surface area contributed by atoms with E-state index >= 15 is 0 Å². The first kappa shape index (κ1) is 15.3. The monoisotopic (exact) mass is 309 g/mol.